The van der Waals surface area contributed by atoms with Crippen LogP contribution in [-0.2, 0) is 103 Å². The Morgan fingerprint density at radius 2 is 1.36 bits per heavy atom. The van der Waals surface area contributed by atoms with Gasteiger partial charge in [-0.1, -0.05) is 60.8 Å². The number of rotatable bonds is 7. The van der Waals surface area contributed by atoms with Gasteiger partial charge in [-0.3, -0.25) is 27.9 Å². The van der Waals surface area contributed by atoms with Crippen LogP contribution in [0.15, 0.2) is 174 Å². The Bertz CT molecular complexity index is 3900. The fourth-order valence-corrected chi connectivity index (χ4v) is 8.99. The predicted octanol–water partition coefficient (Wildman–Crippen LogP) is 12.3. The van der Waals surface area contributed by atoms with Crippen molar-refractivity contribution in [2.24, 2.45) is 0 Å². The number of halogens is 6. The minimum Gasteiger partial charge on any atom is -0.364 e. The number of aryl methyl sites for hydroxylation is 3. The third-order valence-electron chi connectivity index (χ3n) is 11.3. The zero-order valence-electron chi connectivity index (χ0n) is 40.2. The van der Waals surface area contributed by atoms with Crippen LogP contribution in [-0.4, -0.2) is 63.4 Å². The van der Waals surface area contributed by atoms with Crippen molar-refractivity contribution < 1.29 is 115 Å². The number of benzene rings is 6. The summed E-state index contributed by atoms with van der Waals surface area (Å²) in [7, 11) is -5.80. The Hall–Kier alpha value is -5.34. The number of para-hydroxylation sites is 3. The van der Waals surface area contributed by atoms with Crippen molar-refractivity contribution >= 4 is 69.6 Å². The van der Waals surface area contributed by atoms with E-state index in [4.69, 9.17) is 0 Å². The molecule has 24 heteroatoms. The quantitative estimate of drug-likeness (QED) is 0.0506. The van der Waals surface area contributed by atoms with E-state index in [0.29, 0.717) is 11.3 Å². The molecule has 0 saturated carbocycles. The minimum absolute atomic E-state index is 0. The van der Waals surface area contributed by atoms with Crippen LogP contribution in [0.4, 0.5) is 17.6 Å². The van der Waals surface area contributed by atoms with Gasteiger partial charge in [-0.2, -0.15) is 91.5 Å². The SMILES string of the molecule is Brc1cc2n(n1)-c1[c-]cccc1CC2.CC(=O)c1cc(-n2ccc(Br)n2)[c-]cc1C.Fc1c[c-]c(-n2cccn2)cc1.O=S(=O)(Oc1ccn(-c2[c-]cc3c(c2)c2ccccc2n3-c2ccccc2)n1)C(F)(F)F.[Ir].[Ir].[Ir].[Ir]. The van der Waals surface area contributed by atoms with Gasteiger partial charge in [0, 0.05) is 134 Å². The summed E-state index contributed by atoms with van der Waals surface area (Å²) in [6.45, 7) is 3.46. The number of hydrogen-bond donors (Lipinski definition) is 0. The van der Waals surface area contributed by atoms with E-state index >= 15 is 0 Å². The minimum atomic E-state index is -5.80. The first kappa shape index (κ1) is 63.5. The molecular weight excluding hydrogens is 1880 g/mol. The van der Waals surface area contributed by atoms with Gasteiger partial charge in [0.15, 0.2) is 0 Å². The van der Waals surface area contributed by atoms with E-state index in [1.807, 2.05) is 96.7 Å². The fraction of sp³-hybridized carbons (Fsp3) is 0.0926. The van der Waals surface area contributed by atoms with Crippen molar-refractivity contribution in [3.63, 3.8) is 0 Å². The van der Waals surface area contributed by atoms with Crippen molar-refractivity contribution in [1.82, 2.24) is 43.7 Å². The van der Waals surface area contributed by atoms with Gasteiger partial charge in [0.2, 0.25) is 0 Å². The molecule has 0 fully saturated rings. The number of ketones is 1. The maximum Gasteiger partial charge on any atom is 0.534 e. The third-order valence-corrected chi connectivity index (χ3v) is 13.0. The van der Waals surface area contributed by atoms with Gasteiger partial charge in [-0.25, -0.2) is 0 Å². The normalized spacial score (nSPS) is 11.2. The first-order valence-corrected chi connectivity index (χ1v) is 25.3. The molecule has 0 N–H and O–H groups in total. The van der Waals surface area contributed by atoms with E-state index in [1.165, 1.54) is 34.3 Å². The molecule has 1 aliphatic heterocycles. The molecule has 0 atom stereocenters. The van der Waals surface area contributed by atoms with Gasteiger partial charge < -0.3 is 8.75 Å². The summed E-state index contributed by atoms with van der Waals surface area (Å²) in [5.41, 5.74) is 4.51. The molecule has 0 bridgehead atoms. The molecule has 4 radical (unpaired) electrons. The smallest absolute Gasteiger partial charge is 0.364 e. The summed E-state index contributed by atoms with van der Waals surface area (Å²) in [4.78, 5) is 11.4. The number of carbonyl (C=O) groups is 1. The monoisotopic (exact) mass is 1910 g/mol. The zero-order chi connectivity index (χ0) is 52.1. The summed E-state index contributed by atoms with van der Waals surface area (Å²) >= 11 is 6.68. The van der Waals surface area contributed by atoms with Crippen molar-refractivity contribution in [2.75, 3.05) is 0 Å². The predicted molar refractivity (Wildman–Crippen MR) is 277 cm³/mol. The summed E-state index contributed by atoms with van der Waals surface area (Å²) in [5.74, 6) is -0.924. The fourth-order valence-electron chi connectivity index (χ4n) is 7.87. The number of hydrogen-bond acceptors (Lipinski definition) is 8. The van der Waals surface area contributed by atoms with Crippen LogP contribution in [0, 0.1) is 37.0 Å². The Balaban J connectivity index is 0.000000206. The second-order valence-electron chi connectivity index (χ2n) is 16.2. The molecule has 0 spiro atoms. The van der Waals surface area contributed by atoms with Crippen LogP contribution in [0.3, 0.4) is 0 Å². The first-order chi connectivity index (χ1) is 35.5. The first-order valence-electron chi connectivity index (χ1n) is 22.3. The molecule has 0 aliphatic carbocycles. The number of alkyl halides is 3. The number of fused-ring (bicyclic) bond motifs is 6. The van der Waals surface area contributed by atoms with Gasteiger partial charge in [0.1, 0.15) is 15.0 Å². The number of nitrogens with zero attached hydrogens (tertiary/aromatic N) is 9. The molecule has 13 nitrogen and oxygen atoms in total. The van der Waals surface area contributed by atoms with Crippen molar-refractivity contribution in [1.29, 1.82) is 0 Å². The summed E-state index contributed by atoms with van der Waals surface area (Å²) in [6, 6.07) is 54.0. The Morgan fingerprint density at radius 3 is 2.04 bits per heavy atom. The molecule has 6 aromatic carbocycles. The van der Waals surface area contributed by atoms with Crippen LogP contribution < -0.4 is 4.18 Å². The van der Waals surface area contributed by atoms with Gasteiger partial charge in [-0.15, -0.1) is 51.9 Å². The molecule has 11 aromatic rings. The van der Waals surface area contributed by atoms with Gasteiger partial charge >= 0.3 is 15.6 Å². The van der Waals surface area contributed by atoms with Crippen LogP contribution in [0.2, 0.25) is 0 Å². The van der Waals surface area contributed by atoms with Crippen molar-refractivity contribution in [3.05, 3.63) is 226 Å². The Morgan fingerprint density at radius 1 is 0.667 bits per heavy atom. The van der Waals surface area contributed by atoms with Gasteiger partial charge in [0.25, 0.3) is 5.88 Å². The van der Waals surface area contributed by atoms with E-state index in [0.717, 1.165) is 78.2 Å². The van der Waals surface area contributed by atoms with Gasteiger partial charge in [0.05, 0.1) is 0 Å². The molecule has 12 rings (SSSR count). The zero-order valence-corrected chi connectivity index (χ0v) is 53.7. The molecule has 5 aromatic heterocycles. The second-order valence-corrected chi connectivity index (χ2v) is 19.4. The van der Waals surface area contributed by atoms with E-state index < -0.39 is 21.5 Å². The van der Waals surface area contributed by atoms with Crippen LogP contribution >= 0.6 is 31.9 Å². The van der Waals surface area contributed by atoms with Crippen LogP contribution in [0.1, 0.15) is 34.1 Å². The second kappa shape index (κ2) is 27.7. The standard InChI is InChI=1S/C22H13F3N3O3S.C12H10BrN2O.C11H8BrN2.C9H6FN2.4Ir/c23-22(24,25)32(29,30)31-21-12-13-27(26-21)16-10-11-20-18(14-16)17-8-4-5-9-19(17)28(20)15-6-2-1-3-7-15;1-8-3-4-10(7-11(8)9(2)16)15-6-5-12(13)14-15;12-11-7-9-6-5-8-3-1-2-4-10(8)14(9)13-11;10-8-2-4-9(5-3-8)12-7-1-6-11-12;;;;/h1-9,11-14H;3,5-7H,1-2H3;1-3,7H,5-6H2;1-4,6-7H;;;;/q4*-1;;;;. The average Bonchev–Trinajstić information content (AvgIpc) is 4.26. The van der Waals surface area contributed by atoms with Gasteiger partial charge in [-0.05, 0) is 110 Å². The molecule has 410 valence electrons. The maximum atomic E-state index is 12.6. The van der Waals surface area contributed by atoms with Crippen molar-refractivity contribution in [3.8, 4) is 34.3 Å². The third kappa shape index (κ3) is 14.7. The van der Waals surface area contributed by atoms with E-state index in [1.54, 1.807) is 59.0 Å². The van der Waals surface area contributed by atoms with E-state index in [2.05, 4.69) is 97.4 Å². The van der Waals surface area contributed by atoms with Crippen molar-refractivity contribution in [2.45, 2.75) is 32.2 Å². The van der Waals surface area contributed by atoms with Crippen LogP contribution in [0.5, 0.6) is 5.88 Å². The number of carbonyl (C=O) groups excluding carboxylic acids is 1. The number of aromatic nitrogens is 9. The molecule has 78 heavy (non-hydrogen) atoms. The largest absolute Gasteiger partial charge is 0.534 e. The molecule has 6 heterocycles. The summed E-state index contributed by atoms with van der Waals surface area (Å²) in [6.07, 6.45) is 8.71. The summed E-state index contributed by atoms with van der Waals surface area (Å²) in [5, 5.41) is 18.2. The average molecular weight is 1910 g/mol. The number of Topliss-reactive ketones (excluding diaryl/α,β-unsaturated/α-hetero) is 1. The Labute approximate surface area is 516 Å². The summed E-state index contributed by atoms with van der Waals surface area (Å²) < 4.78 is 86.9. The molecule has 0 unspecified atom stereocenters. The maximum absolute atomic E-state index is 12.6. The topological polar surface area (TPSA) is 137 Å². The molecule has 1 aliphatic rings. The van der Waals surface area contributed by atoms with Crippen LogP contribution in [0.25, 0.3) is 50.2 Å². The van der Waals surface area contributed by atoms with E-state index in [9.17, 15) is 30.8 Å². The Kier molecular flexibility index (Phi) is 22.5. The molecule has 0 amide bonds. The van der Waals surface area contributed by atoms with E-state index in [-0.39, 0.29) is 92.0 Å². The molecule has 0 saturated heterocycles. The molecular formula is C54H37Br2F4Ir4N9O4S-4.